The molecule has 0 saturated carbocycles. The molecule has 0 spiro atoms. The number of carboxylic acid groups (broad SMARTS) is 1. The first-order chi connectivity index (χ1) is 12.0. The summed E-state index contributed by atoms with van der Waals surface area (Å²) in [5.41, 5.74) is 0.467. The van der Waals surface area contributed by atoms with Crippen molar-refractivity contribution in [3.63, 3.8) is 0 Å². The Morgan fingerprint density at radius 1 is 1.36 bits per heavy atom. The Morgan fingerprint density at radius 2 is 2.04 bits per heavy atom. The van der Waals surface area contributed by atoms with Crippen LogP contribution in [0.4, 0.5) is 0 Å². The number of carboxylic acids is 1. The minimum absolute atomic E-state index is 0.430. The molecule has 0 radical (unpaired) electrons. The van der Waals surface area contributed by atoms with E-state index in [1.807, 2.05) is 0 Å². The summed E-state index contributed by atoms with van der Waals surface area (Å²) in [5.74, 6) is -1.55. The molecular weight excluding hydrogens is 322 g/mol. The largest absolute Gasteiger partial charge is 0.484 e. The van der Waals surface area contributed by atoms with Gasteiger partial charge in [0.1, 0.15) is 0 Å². The smallest absolute Gasteiger partial charge is 0.312 e. The number of nitrogens with zero attached hydrogens (tertiary/aromatic N) is 1. The molecular formula is C19H31NO5. The summed E-state index contributed by atoms with van der Waals surface area (Å²) in [5, 5.41) is 9.54. The lowest BCUT2D eigenvalue weighted by molar-refractivity contribution is -0.164. The summed E-state index contributed by atoms with van der Waals surface area (Å²) in [6.45, 7) is 8.71. The number of methoxy groups -OCH3 is 1. The number of aliphatic imine (C=N–C) groups is 1. The average molecular weight is 353 g/mol. The first-order valence-corrected chi connectivity index (χ1v) is 8.90. The Labute approximate surface area is 150 Å². The topological polar surface area (TPSA) is 77.3 Å². The summed E-state index contributed by atoms with van der Waals surface area (Å²) in [4.78, 5) is 15.9. The molecule has 0 aromatic rings. The van der Waals surface area contributed by atoms with Gasteiger partial charge in [-0.3, -0.25) is 4.79 Å². The Balaban J connectivity index is 2.53. The molecule has 0 amide bonds. The highest BCUT2D eigenvalue weighted by Crippen LogP contribution is 2.30. The first kappa shape index (κ1) is 21.4. The van der Waals surface area contributed by atoms with Gasteiger partial charge in [-0.25, -0.2) is 4.99 Å². The van der Waals surface area contributed by atoms with Crippen LogP contribution in [0, 0.1) is 5.92 Å². The highest BCUT2D eigenvalue weighted by atomic mass is 16.7. The van der Waals surface area contributed by atoms with Gasteiger partial charge in [-0.1, -0.05) is 32.4 Å². The van der Waals surface area contributed by atoms with E-state index in [-0.39, 0.29) is 0 Å². The van der Waals surface area contributed by atoms with Crippen molar-refractivity contribution in [2.75, 3.05) is 20.3 Å². The third-order valence-corrected chi connectivity index (χ3v) is 4.43. The minimum atomic E-state index is -0.881. The average Bonchev–Trinajstić information content (AvgIpc) is 3.06. The third-order valence-electron chi connectivity index (χ3n) is 4.43. The molecule has 1 saturated heterocycles. The highest BCUT2D eigenvalue weighted by molar-refractivity contribution is 5.78. The number of hydrogen-bond acceptors (Lipinski definition) is 5. The quantitative estimate of drug-likeness (QED) is 0.264. The Morgan fingerprint density at radius 3 is 2.56 bits per heavy atom. The van der Waals surface area contributed by atoms with Crippen molar-refractivity contribution in [3.8, 4) is 0 Å². The van der Waals surface area contributed by atoms with Crippen LogP contribution in [0.25, 0.3) is 0 Å². The Kier molecular flexibility index (Phi) is 9.45. The molecule has 1 rings (SSSR count). The molecule has 0 bridgehead atoms. The van der Waals surface area contributed by atoms with Gasteiger partial charge < -0.3 is 19.3 Å². The zero-order chi connectivity index (χ0) is 18.7. The van der Waals surface area contributed by atoms with Crippen LogP contribution >= 0.6 is 0 Å². The lowest BCUT2D eigenvalue weighted by Gasteiger charge is -2.25. The van der Waals surface area contributed by atoms with Crippen LogP contribution < -0.4 is 0 Å². The minimum Gasteiger partial charge on any atom is -0.484 e. The molecule has 1 unspecified atom stereocenters. The van der Waals surface area contributed by atoms with E-state index in [4.69, 9.17) is 14.2 Å². The van der Waals surface area contributed by atoms with Gasteiger partial charge >= 0.3 is 5.97 Å². The van der Waals surface area contributed by atoms with Crippen LogP contribution in [0.1, 0.15) is 52.4 Å². The van der Waals surface area contributed by atoms with Crippen molar-refractivity contribution < 1.29 is 24.1 Å². The van der Waals surface area contributed by atoms with Gasteiger partial charge in [-0.15, -0.1) is 0 Å². The van der Waals surface area contributed by atoms with E-state index in [9.17, 15) is 9.90 Å². The second-order valence-corrected chi connectivity index (χ2v) is 6.11. The fourth-order valence-electron chi connectivity index (χ4n) is 2.92. The number of ether oxygens (including phenoxy) is 3. The van der Waals surface area contributed by atoms with E-state index in [0.717, 1.165) is 32.1 Å². The maximum Gasteiger partial charge on any atom is 0.312 e. The van der Waals surface area contributed by atoms with E-state index < -0.39 is 17.7 Å². The molecule has 0 aromatic heterocycles. The predicted octanol–water partition coefficient (Wildman–Crippen LogP) is 3.93. The third kappa shape index (κ3) is 7.00. The van der Waals surface area contributed by atoms with E-state index >= 15 is 0 Å². The van der Waals surface area contributed by atoms with E-state index in [1.54, 1.807) is 19.1 Å². The molecule has 1 atom stereocenters. The summed E-state index contributed by atoms with van der Waals surface area (Å²) >= 11 is 0. The zero-order valence-electron chi connectivity index (χ0n) is 15.6. The highest BCUT2D eigenvalue weighted by Gasteiger charge is 2.33. The summed E-state index contributed by atoms with van der Waals surface area (Å²) in [6, 6.07) is 0. The van der Waals surface area contributed by atoms with Crippen LogP contribution in [-0.2, 0) is 19.0 Å². The number of aliphatic carboxylic acids is 1. The summed E-state index contributed by atoms with van der Waals surface area (Å²) in [6.07, 6.45) is 8.06. The number of allylic oxidation sites excluding steroid dienone is 2. The molecule has 142 valence electrons. The van der Waals surface area contributed by atoms with Crippen LogP contribution in [-0.4, -0.2) is 43.1 Å². The predicted molar refractivity (Wildman–Crippen MR) is 97.5 cm³/mol. The SMILES string of the molecule is C=C/C=C(\N=C(/C)OC)C(CCCCCC1(CC)OCCO1)C(=O)O. The fourth-order valence-corrected chi connectivity index (χ4v) is 2.92. The normalized spacial score (nSPS) is 18.8. The zero-order valence-corrected chi connectivity index (χ0v) is 15.6. The second-order valence-electron chi connectivity index (χ2n) is 6.11. The first-order valence-electron chi connectivity index (χ1n) is 8.90. The maximum absolute atomic E-state index is 11.6. The molecule has 6 nitrogen and oxygen atoms in total. The van der Waals surface area contributed by atoms with E-state index in [1.165, 1.54) is 7.11 Å². The summed E-state index contributed by atoms with van der Waals surface area (Å²) < 4.78 is 16.5. The number of carbonyl (C=O) groups is 1. The maximum atomic E-state index is 11.6. The van der Waals surface area contributed by atoms with Gasteiger partial charge in [0, 0.05) is 13.3 Å². The van der Waals surface area contributed by atoms with Crippen LogP contribution in [0.3, 0.4) is 0 Å². The molecule has 1 aliphatic rings. The Bertz CT molecular complexity index is 492. The molecule has 1 N–H and O–H groups in total. The summed E-state index contributed by atoms with van der Waals surface area (Å²) in [7, 11) is 1.51. The van der Waals surface area contributed by atoms with Crippen molar-refractivity contribution >= 4 is 11.9 Å². The second kappa shape index (κ2) is 11.1. The Hall–Kier alpha value is -1.66. The monoisotopic (exact) mass is 353 g/mol. The molecule has 1 aliphatic heterocycles. The van der Waals surface area contributed by atoms with Gasteiger partial charge in [0.25, 0.3) is 0 Å². The van der Waals surface area contributed by atoms with Crippen molar-refractivity contribution in [3.05, 3.63) is 24.4 Å². The van der Waals surface area contributed by atoms with Crippen LogP contribution in [0.2, 0.25) is 0 Å². The number of unbranched alkanes of at least 4 members (excludes halogenated alkanes) is 2. The van der Waals surface area contributed by atoms with Gasteiger partial charge in [-0.05, 0) is 25.3 Å². The number of hydrogen-bond donors (Lipinski definition) is 1. The van der Waals surface area contributed by atoms with Gasteiger partial charge in [0.15, 0.2) is 11.7 Å². The number of rotatable bonds is 11. The molecule has 0 aliphatic carbocycles. The lowest BCUT2D eigenvalue weighted by Crippen LogP contribution is -2.28. The van der Waals surface area contributed by atoms with Crippen molar-refractivity contribution in [1.82, 2.24) is 0 Å². The van der Waals surface area contributed by atoms with E-state index in [0.29, 0.717) is 31.2 Å². The molecule has 6 heteroatoms. The molecule has 0 aromatic carbocycles. The van der Waals surface area contributed by atoms with Crippen molar-refractivity contribution in [2.45, 2.75) is 58.2 Å². The van der Waals surface area contributed by atoms with Crippen molar-refractivity contribution in [2.24, 2.45) is 10.9 Å². The molecule has 1 heterocycles. The van der Waals surface area contributed by atoms with Gasteiger partial charge in [0.05, 0.1) is 31.9 Å². The molecule has 1 fully saturated rings. The van der Waals surface area contributed by atoms with E-state index in [2.05, 4.69) is 18.5 Å². The van der Waals surface area contributed by atoms with Gasteiger partial charge in [-0.2, -0.15) is 0 Å². The standard InChI is InChI=1S/C19H31NO5/c1-5-10-17(20-15(3)23-4)16(18(21)22)11-8-7-9-12-19(6-2)24-13-14-25-19/h5,10,16H,1,6-9,11-14H2,2-4H3,(H,21,22)/b17-10-,20-15+. The lowest BCUT2D eigenvalue weighted by atomic mass is 9.96. The van der Waals surface area contributed by atoms with Crippen LogP contribution in [0.15, 0.2) is 29.4 Å². The molecule has 25 heavy (non-hydrogen) atoms. The van der Waals surface area contributed by atoms with Crippen molar-refractivity contribution in [1.29, 1.82) is 0 Å². The van der Waals surface area contributed by atoms with Crippen LogP contribution in [0.5, 0.6) is 0 Å². The fraction of sp³-hybridized carbons (Fsp3) is 0.684. The van der Waals surface area contributed by atoms with Gasteiger partial charge in [0.2, 0.25) is 0 Å².